The molecule has 0 aromatic heterocycles. The van der Waals surface area contributed by atoms with E-state index in [-0.39, 0.29) is 5.91 Å². The van der Waals surface area contributed by atoms with Gasteiger partial charge in [0.1, 0.15) is 5.75 Å². The lowest BCUT2D eigenvalue weighted by molar-refractivity contribution is -0.127. The number of rotatable bonds is 6. The number of halogens is 1. The van der Waals surface area contributed by atoms with Crippen LogP contribution in [-0.4, -0.2) is 18.2 Å². The molecule has 0 radical (unpaired) electrons. The van der Waals surface area contributed by atoms with Crippen LogP contribution in [0.15, 0.2) is 69.7 Å². The van der Waals surface area contributed by atoms with Crippen molar-refractivity contribution >= 4 is 34.1 Å². The largest absolute Gasteiger partial charge is 0.481 e. The Bertz CT molecular complexity index is 725. The van der Waals surface area contributed by atoms with Crippen LogP contribution in [0.4, 0.5) is 0 Å². The summed E-state index contributed by atoms with van der Waals surface area (Å²) in [6, 6.07) is 17.2. The smallest absolute Gasteiger partial charge is 0.280 e. The molecule has 24 heavy (non-hydrogen) atoms. The van der Waals surface area contributed by atoms with Crippen molar-refractivity contribution in [2.75, 3.05) is 0 Å². The van der Waals surface area contributed by atoms with Gasteiger partial charge in [0.25, 0.3) is 5.91 Å². The number of nitrogens with zero attached hydrogens (tertiary/aromatic N) is 1. The van der Waals surface area contributed by atoms with Crippen molar-refractivity contribution in [1.29, 1.82) is 0 Å². The van der Waals surface area contributed by atoms with E-state index in [1.54, 1.807) is 25.3 Å². The van der Waals surface area contributed by atoms with Crippen LogP contribution in [0.1, 0.15) is 19.4 Å². The number of ether oxygens (including phenoxy) is 1. The molecule has 0 aliphatic rings. The number of hydrogen-bond donors (Lipinski definition) is 1. The molecule has 0 spiro atoms. The standard InChI is InChI=1S/C19H19BrN2O2/c1-14(12-16-6-4-3-5-7-16)13-21-22-19(23)15(2)24-18-10-8-17(20)9-11-18/h3-13,15H,1-2H3,(H,22,23)/b14-12-,21-13-/t15-/m1/s1. The quantitative estimate of drug-likeness (QED) is 0.589. The summed E-state index contributed by atoms with van der Waals surface area (Å²) in [6.45, 7) is 3.60. The Kier molecular flexibility index (Phi) is 6.75. The molecule has 0 unspecified atom stereocenters. The van der Waals surface area contributed by atoms with Gasteiger partial charge in [-0.3, -0.25) is 4.79 Å². The number of hydrazone groups is 1. The maximum atomic E-state index is 12.0. The average molecular weight is 387 g/mol. The van der Waals surface area contributed by atoms with Crippen LogP contribution in [0.25, 0.3) is 6.08 Å². The summed E-state index contributed by atoms with van der Waals surface area (Å²) in [6.07, 6.45) is 2.95. The minimum atomic E-state index is -0.637. The fourth-order valence-electron chi connectivity index (χ4n) is 1.91. The van der Waals surface area contributed by atoms with Crippen LogP contribution in [0, 0.1) is 0 Å². The number of allylic oxidation sites excluding steroid dienone is 1. The van der Waals surface area contributed by atoms with E-state index >= 15 is 0 Å². The second-order valence-corrected chi connectivity index (χ2v) is 6.16. The lowest BCUT2D eigenvalue weighted by atomic mass is 10.1. The van der Waals surface area contributed by atoms with Gasteiger partial charge in [-0.25, -0.2) is 5.43 Å². The molecule has 0 aliphatic heterocycles. The molecule has 2 rings (SSSR count). The molecule has 1 N–H and O–H groups in total. The SMILES string of the molecule is CC(/C=N\NC(=O)[C@@H](C)Oc1ccc(Br)cc1)=C/c1ccccc1. The van der Waals surface area contributed by atoms with Crippen molar-refractivity contribution in [2.45, 2.75) is 20.0 Å². The van der Waals surface area contributed by atoms with Crippen molar-refractivity contribution in [3.05, 3.63) is 70.2 Å². The van der Waals surface area contributed by atoms with E-state index in [2.05, 4.69) is 26.5 Å². The molecule has 0 saturated carbocycles. The monoisotopic (exact) mass is 386 g/mol. The third kappa shape index (κ3) is 6.01. The van der Waals surface area contributed by atoms with E-state index in [4.69, 9.17) is 4.74 Å². The highest BCUT2D eigenvalue weighted by molar-refractivity contribution is 9.10. The van der Waals surface area contributed by atoms with Crippen molar-refractivity contribution < 1.29 is 9.53 Å². The normalized spacial score (nSPS) is 12.9. The van der Waals surface area contributed by atoms with Crippen molar-refractivity contribution in [3.8, 4) is 5.75 Å². The summed E-state index contributed by atoms with van der Waals surface area (Å²) < 4.78 is 6.52. The zero-order chi connectivity index (χ0) is 17.4. The third-order valence-electron chi connectivity index (χ3n) is 3.13. The lowest BCUT2D eigenvalue weighted by Crippen LogP contribution is -2.33. The second-order valence-electron chi connectivity index (χ2n) is 5.25. The van der Waals surface area contributed by atoms with E-state index in [0.717, 1.165) is 15.6 Å². The number of benzene rings is 2. The highest BCUT2D eigenvalue weighted by Crippen LogP contribution is 2.17. The molecule has 4 nitrogen and oxygen atoms in total. The van der Waals surface area contributed by atoms with Gasteiger partial charge in [0.05, 0.1) is 6.21 Å². The van der Waals surface area contributed by atoms with Crippen molar-refractivity contribution in [3.63, 3.8) is 0 Å². The third-order valence-corrected chi connectivity index (χ3v) is 3.66. The Morgan fingerprint density at radius 3 is 2.50 bits per heavy atom. The Hall–Kier alpha value is -2.40. The highest BCUT2D eigenvalue weighted by Gasteiger charge is 2.13. The van der Waals surface area contributed by atoms with Gasteiger partial charge in [0.15, 0.2) is 6.10 Å². The Morgan fingerprint density at radius 2 is 1.83 bits per heavy atom. The number of carbonyl (C=O) groups is 1. The first-order chi connectivity index (χ1) is 11.5. The molecule has 0 heterocycles. The fraction of sp³-hybridized carbons (Fsp3) is 0.158. The van der Waals surface area contributed by atoms with Crippen LogP contribution < -0.4 is 10.2 Å². The van der Waals surface area contributed by atoms with Gasteiger partial charge in [0.2, 0.25) is 0 Å². The molecule has 0 aliphatic carbocycles. The first-order valence-electron chi connectivity index (χ1n) is 7.53. The summed E-state index contributed by atoms with van der Waals surface area (Å²) in [5.41, 5.74) is 4.50. The van der Waals surface area contributed by atoms with E-state index in [1.165, 1.54) is 0 Å². The first-order valence-corrected chi connectivity index (χ1v) is 8.32. The van der Waals surface area contributed by atoms with Crippen LogP contribution in [-0.2, 0) is 4.79 Å². The molecule has 2 aromatic rings. The van der Waals surface area contributed by atoms with Gasteiger partial charge in [-0.15, -0.1) is 0 Å². The van der Waals surface area contributed by atoms with Crippen LogP contribution >= 0.6 is 15.9 Å². The van der Waals surface area contributed by atoms with Crippen LogP contribution in [0.3, 0.4) is 0 Å². The number of carbonyl (C=O) groups excluding carboxylic acids is 1. The number of nitrogens with one attached hydrogen (secondary N) is 1. The fourth-order valence-corrected chi connectivity index (χ4v) is 2.17. The molecule has 1 atom stereocenters. The summed E-state index contributed by atoms with van der Waals surface area (Å²) in [5, 5.41) is 3.96. The van der Waals surface area contributed by atoms with Gasteiger partial charge < -0.3 is 4.74 Å². The summed E-state index contributed by atoms with van der Waals surface area (Å²) in [7, 11) is 0. The number of amides is 1. The maximum Gasteiger partial charge on any atom is 0.280 e. The Labute approximate surface area is 150 Å². The van der Waals surface area contributed by atoms with Gasteiger partial charge in [0, 0.05) is 4.47 Å². The molecular formula is C19H19BrN2O2. The molecule has 0 bridgehead atoms. The van der Waals surface area contributed by atoms with Crippen LogP contribution in [0.2, 0.25) is 0 Å². The van der Waals surface area contributed by atoms with Gasteiger partial charge in [-0.1, -0.05) is 52.3 Å². The number of hydrogen-bond acceptors (Lipinski definition) is 3. The molecular weight excluding hydrogens is 368 g/mol. The molecule has 0 fully saturated rings. The van der Waals surface area contributed by atoms with Crippen LogP contribution in [0.5, 0.6) is 5.75 Å². The summed E-state index contributed by atoms with van der Waals surface area (Å²) >= 11 is 3.35. The van der Waals surface area contributed by atoms with E-state index < -0.39 is 6.10 Å². The molecule has 124 valence electrons. The van der Waals surface area contributed by atoms with E-state index in [9.17, 15) is 4.79 Å². The van der Waals surface area contributed by atoms with Crippen molar-refractivity contribution in [2.24, 2.45) is 5.10 Å². The zero-order valence-electron chi connectivity index (χ0n) is 13.6. The summed E-state index contributed by atoms with van der Waals surface area (Å²) in [4.78, 5) is 12.0. The Morgan fingerprint density at radius 1 is 1.17 bits per heavy atom. The minimum absolute atomic E-state index is 0.304. The topological polar surface area (TPSA) is 50.7 Å². The average Bonchev–Trinajstić information content (AvgIpc) is 2.57. The zero-order valence-corrected chi connectivity index (χ0v) is 15.2. The minimum Gasteiger partial charge on any atom is -0.481 e. The van der Waals surface area contributed by atoms with Gasteiger partial charge >= 0.3 is 0 Å². The maximum absolute atomic E-state index is 12.0. The molecule has 2 aromatic carbocycles. The predicted molar refractivity (Wildman–Crippen MR) is 101 cm³/mol. The molecule has 5 heteroatoms. The second kappa shape index (κ2) is 9.03. The van der Waals surface area contributed by atoms with Gasteiger partial charge in [-0.2, -0.15) is 5.10 Å². The lowest BCUT2D eigenvalue weighted by Gasteiger charge is -2.12. The predicted octanol–water partition coefficient (Wildman–Crippen LogP) is 4.42. The molecule has 0 saturated heterocycles. The highest BCUT2D eigenvalue weighted by atomic mass is 79.9. The summed E-state index contributed by atoms with van der Waals surface area (Å²) in [5.74, 6) is 0.326. The first kappa shape index (κ1) is 17.9. The molecule has 1 amide bonds. The van der Waals surface area contributed by atoms with E-state index in [0.29, 0.717) is 5.75 Å². The van der Waals surface area contributed by atoms with E-state index in [1.807, 2.05) is 55.5 Å². The Balaban J connectivity index is 1.85. The van der Waals surface area contributed by atoms with Crippen molar-refractivity contribution in [1.82, 2.24) is 5.43 Å². The van der Waals surface area contributed by atoms with Gasteiger partial charge in [-0.05, 0) is 49.2 Å².